The van der Waals surface area contributed by atoms with Crippen molar-refractivity contribution in [2.45, 2.75) is 18.9 Å². The first-order valence-corrected chi connectivity index (χ1v) is 7.76. The van der Waals surface area contributed by atoms with Crippen molar-refractivity contribution in [3.63, 3.8) is 0 Å². The molecule has 0 spiro atoms. The molecule has 0 aromatic heterocycles. The molecule has 0 radical (unpaired) electrons. The van der Waals surface area contributed by atoms with E-state index in [9.17, 15) is 9.59 Å². The van der Waals surface area contributed by atoms with Gasteiger partial charge < -0.3 is 15.5 Å². The van der Waals surface area contributed by atoms with E-state index in [1.54, 1.807) is 18.2 Å². The predicted molar refractivity (Wildman–Crippen MR) is 86.3 cm³/mol. The van der Waals surface area contributed by atoms with Crippen LogP contribution in [0.1, 0.15) is 18.4 Å². The highest BCUT2D eigenvalue weighted by Crippen LogP contribution is 2.27. The van der Waals surface area contributed by atoms with Crippen LogP contribution >= 0.6 is 0 Å². The number of carbonyl (C=O) groups excluding carboxylic acids is 2. The minimum Gasteiger partial charge on any atom is -0.348 e. The second-order valence-electron chi connectivity index (χ2n) is 5.94. The fourth-order valence-electron chi connectivity index (χ4n) is 3.36. The van der Waals surface area contributed by atoms with E-state index >= 15 is 0 Å². The van der Waals surface area contributed by atoms with Gasteiger partial charge in [-0.2, -0.15) is 0 Å². The predicted octanol–water partition coefficient (Wildman–Crippen LogP) is 1.48. The zero-order chi connectivity index (χ0) is 15.4. The van der Waals surface area contributed by atoms with Crippen LogP contribution < -0.4 is 10.6 Å². The average Bonchev–Trinajstić information content (AvgIpc) is 2.55. The van der Waals surface area contributed by atoms with E-state index in [1.165, 1.54) is 12.8 Å². The normalized spacial score (nSPS) is 26.8. The number of anilines is 1. The lowest BCUT2D eigenvalue weighted by atomic mass is 9.84. The van der Waals surface area contributed by atoms with E-state index in [4.69, 9.17) is 0 Å². The number of nitrogens with zero attached hydrogens (tertiary/aromatic N) is 1. The van der Waals surface area contributed by atoms with Gasteiger partial charge in [0.1, 0.15) is 0 Å². The molecule has 1 aromatic rings. The molecule has 116 valence electrons. The van der Waals surface area contributed by atoms with Gasteiger partial charge in [0.05, 0.1) is 0 Å². The van der Waals surface area contributed by atoms with Crippen molar-refractivity contribution in [1.82, 2.24) is 10.2 Å². The minimum absolute atomic E-state index is 0.0698. The maximum atomic E-state index is 12.1. The van der Waals surface area contributed by atoms with Crippen LogP contribution in [-0.2, 0) is 9.59 Å². The number of benzene rings is 1. The molecule has 3 aliphatic heterocycles. The summed E-state index contributed by atoms with van der Waals surface area (Å²) in [7, 11) is 0. The Hall–Kier alpha value is -2.14. The van der Waals surface area contributed by atoms with Crippen LogP contribution in [-0.4, -0.2) is 42.9 Å². The highest BCUT2D eigenvalue weighted by Gasteiger charge is 2.34. The Bertz CT molecular complexity index is 577. The van der Waals surface area contributed by atoms with E-state index in [0.717, 1.165) is 25.2 Å². The van der Waals surface area contributed by atoms with Crippen molar-refractivity contribution in [3.05, 3.63) is 35.9 Å². The first-order chi connectivity index (χ1) is 10.8. The monoisotopic (exact) mass is 299 g/mol. The molecule has 4 rings (SSSR count). The van der Waals surface area contributed by atoms with Gasteiger partial charge in [-0.05, 0) is 49.6 Å². The van der Waals surface area contributed by atoms with Gasteiger partial charge in [0.15, 0.2) is 0 Å². The molecule has 3 heterocycles. The highest BCUT2D eigenvalue weighted by atomic mass is 16.1. The number of nitrogens with one attached hydrogen (secondary N) is 2. The molecule has 2 amide bonds. The van der Waals surface area contributed by atoms with Crippen LogP contribution in [0.2, 0.25) is 0 Å². The molecule has 0 unspecified atom stereocenters. The Morgan fingerprint density at radius 3 is 2.68 bits per heavy atom. The summed E-state index contributed by atoms with van der Waals surface area (Å²) in [5.74, 6) is 0.547. The molecule has 3 saturated heterocycles. The summed E-state index contributed by atoms with van der Waals surface area (Å²) in [5.41, 5.74) is 1.52. The molecular formula is C17H21N3O2. The molecule has 3 fully saturated rings. The van der Waals surface area contributed by atoms with Gasteiger partial charge in [-0.25, -0.2) is 0 Å². The molecule has 1 aromatic carbocycles. The lowest BCUT2D eigenvalue weighted by Gasteiger charge is -2.44. The Kier molecular flexibility index (Phi) is 4.53. The van der Waals surface area contributed by atoms with Crippen LogP contribution in [0, 0.1) is 5.92 Å². The fraction of sp³-hybridized carbons (Fsp3) is 0.412. The molecule has 0 aliphatic carbocycles. The van der Waals surface area contributed by atoms with Gasteiger partial charge in [-0.15, -0.1) is 0 Å². The number of piperidine rings is 3. The molecule has 0 saturated carbocycles. The molecule has 2 bridgehead atoms. The lowest BCUT2D eigenvalue weighted by molar-refractivity contribution is -0.118. The smallest absolute Gasteiger partial charge is 0.244 e. The van der Waals surface area contributed by atoms with Crippen molar-refractivity contribution < 1.29 is 9.59 Å². The van der Waals surface area contributed by atoms with Crippen molar-refractivity contribution in [2.24, 2.45) is 5.92 Å². The third-order valence-electron chi connectivity index (χ3n) is 4.57. The van der Waals surface area contributed by atoms with E-state index in [0.29, 0.717) is 18.0 Å². The quantitative estimate of drug-likeness (QED) is 0.639. The Morgan fingerprint density at radius 2 is 2.00 bits per heavy atom. The van der Waals surface area contributed by atoms with Gasteiger partial charge in [0, 0.05) is 24.4 Å². The molecule has 5 heteroatoms. The molecule has 5 nitrogen and oxygen atoms in total. The summed E-state index contributed by atoms with van der Waals surface area (Å²) in [6.07, 6.45) is 6.28. The number of rotatable bonds is 5. The molecule has 22 heavy (non-hydrogen) atoms. The summed E-state index contributed by atoms with van der Waals surface area (Å²) < 4.78 is 0. The Balaban J connectivity index is 1.61. The zero-order valence-electron chi connectivity index (χ0n) is 12.5. The first kappa shape index (κ1) is 14.8. The maximum absolute atomic E-state index is 12.1. The molecule has 1 atom stereocenters. The number of fused-ring (bicyclic) bond motifs is 3. The maximum Gasteiger partial charge on any atom is 0.244 e. The van der Waals surface area contributed by atoms with Crippen LogP contribution in [0.15, 0.2) is 30.3 Å². The summed E-state index contributed by atoms with van der Waals surface area (Å²) in [6, 6.07) is 7.66. The second-order valence-corrected chi connectivity index (χ2v) is 5.94. The fourth-order valence-corrected chi connectivity index (χ4v) is 3.36. The van der Waals surface area contributed by atoms with Crippen LogP contribution in [0.3, 0.4) is 0 Å². The van der Waals surface area contributed by atoms with Gasteiger partial charge in [0.25, 0.3) is 0 Å². The standard InChI is InChI=1S/C17H21N3O2/c21-12-18-15-4-2-1-3-13(15)5-6-17(22)19-16-11-20-9-7-14(16)8-10-20/h1-6,12,14,16H,7-11H2,(H,18,21)(H,19,22)/t16-/m0/s1. The summed E-state index contributed by atoms with van der Waals surface area (Å²) in [6.45, 7) is 3.29. The van der Waals surface area contributed by atoms with Gasteiger partial charge in [-0.3, -0.25) is 9.59 Å². The second kappa shape index (κ2) is 6.75. The van der Waals surface area contributed by atoms with Gasteiger partial charge in [0.2, 0.25) is 12.3 Å². The minimum atomic E-state index is -0.0698. The highest BCUT2D eigenvalue weighted by molar-refractivity contribution is 5.93. The van der Waals surface area contributed by atoms with Crippen molar-refractivity contribution in [2.75, 3.05) is 25.0 Å². The summed E-state index contributed by atoms with van der Waals surface area (Å²) in [5, 5.41) is 5.75. The zero-order valence-corrected chi connectivity index (χ0v) is 12.5. The number of para-hydroxylation sites is 1. The summed E-state index contributed by atoms with van der Waals surface area (Å²) >= 11 is 0. The van der Waals surface area contributed by atoms with Crippen LogP contribution in [0.5, 0.6) is 0 Å². The van der Waals surface area contributed by atoms with E-state index in [-0.39, 0.29) is 11.9 Å². The average molecular weight is 299 g/mol. The number of hydrogen-bond donors (Lipinski definition) is 2. The van der Waals surface area contributed by atoms with E-state index in [1.807, 2.05) is 18.2 Å². The largest absolute Gasteiger partial charge is 0.348 e. The molecular weight excluding hydrogens is 278 g/mol. The molecule has 3 aliphatic rings. The Morgan fingerprint density at radius 1 is 1.23 bits per heavy atom. The first-order valence-electron chi connectivity index (χ1n) is 7.76. The van der Waals surface area contributed by atoms with E-state index in [2.05, 4.69) is 15.5 Å². The number of amides is 2. The van der Waals surface area contributed by atoms with E-state index < -0.39 is 0 Å². The SMILES string of the molecule is O=CNc1ccccc1C=CC(=O)N[C@H]1CN2CCC1CC2. The van der Waals surface area contributed by atoms with Crippen molar-refractivity contribution >= 4 is 24.1 Å². The lowest BCUT2D eigenvalue weighted by Crippen LogP contribution is -2.57. The summed E-state index contributed by atoms with van der Waals surface area (Å²) in [4.78, 5) is 25.1. The van der Waals surface area contributed by atoms with Crippen LogP contribution in [0.25, 0.3) is 6.08 Å². The van der Waals surface area contributed by atoms with Crippen molar-refractivity contribution in [3.8, 4) is 0 Å². The number of carbonyl (C=O) groups is 2. The Labute approximate surface area is 130 Å². The van der Waals surface area contributed by atoms with Gasteiger partial charge >= 0.3 is 0 Å². The van der Waals surface area contributed by atoms with Crippen LogP contribution in [0.4, 0.5) is 5.69 Å². The third-order valence-corrected chi connectivity index (χ3v) is 4.57. The van der Waals surface area contributed by atoms with Crippen molar-refractivity contribution in [1.29, 1.82) is 0 Å². The third kappa shape index (κ3) is 3.36. The molecule has 2 N–H and O–H groups in total. The topological polar surface area (TPSA) is 61.4 Å². The van der Waals surface area contributed by atoms with Gasteiger partial charge in [-0.1, -0.05) is 18.2 Å². The number of hydrogen-bond acceptors (Lipinski definition) is 3.